The van der Waals surface area contributed by atoms with Gasteiger partial charge in [-0.1, -0.05) is 0 Å². The lowest BCUT2D eigenvalue weighted by Gasteiger charge is -2.08. The minimum absolute atomic E-state index is 0.138. The molecule has 1 aromatic heterocycles. The van der Waals surface area contributed by atoms with Crippen LogP contribution in [0.1, 0.15) is 23.4 Å². The number of carboxylic acid groups (broad SMARTS) is 1. The van der Waals surface area contributed by atoms with E-state index >= 15 is 0 Å². The van der Waals surface area contributed by atoms with Crippen molar-refractivity contribution in [2.45, 2.75) is 18.9 Å². The molecule has 0 spiro atoms. The summed E-state index contributed by atoms with van der Waals surface area (Å²) >= 11 is 0. The standard InChI is InChI=1S/C11H13NO4/c1-2-3-4-8(13)7-12-10-6-5-9(16-10)11(14)15/h1,5-6,8,12-13H,3-4,7H2,(H,14,15). The van der Waals surface area contributed by atoms with Crippen molar-refractivity contribution in [1.82, 2.24) is 0 Å². The largest absolute Gasteiger partial charge is 0.475 e. The number of aliphatic hydroxyl groups is 1. The maximum atomic E-state index is 10.5. The number of aromatic carboxylic acids is 1. The number of rotatable bonds is 6. The Morgan fingerprint density at radius 2 is 2.38 bits per heavy atom. The Hall–Kier alpha value is -1.93. The van der Waals surface area contributed by atoms with Crippen molar-refractivity contribution < 1.29 is 19.4 Å². The Kier molecular flexibility index (Phi) is 4.42. The molecule has 0 radical (unpaired) electrons. The van der Waals surface area contributed by atoms with Gasteiger partial charge < -0.3 is 19.9 Å². The first kappa shape index (κ1) is 12.1. The third-order valence-corrected chi connectivity index (χ3v) is 1.95. The summed E-state index contributed by atoms with van der Waals surface area (Å²) in [5, 5.41) is 20.8. The van der Waals surface area contributed by atoms with Crippen molar-refractivity contribution in [3.8, 4) is 12.3 Å². The Bertz CT molecular complexity index is 391. The van der Waals surface area contributed by atoms with Gasteiger partial charge >= 0.3 is 5.97 Å². The summed E-state index contributed by atoms with van der Waals surface area (Å²) in [5.74, 6) is 1.48. The number of carboxylic acids is 1. The fraction of sp³-hybridized carbons (Fsp3) is 0.364. The van der Waals surface area contributed by atoms with Gasteiger partial charge in [-0.15, -0.1) is 12.3 Å². The Balaban J connectivity index is 2.37. The topological polar surface area (TPSA) is 82.7 Å². The lowest BCUT2D eigenvalue weighted by atomic mass is 10.2. The van der Waals surface area contributed by atoms with Crippen molar-refractivity contribution in [3.63, 3.8) is 0 Å². The Morgan fingerprint density at radius 3 is 2.94 bits per heavy atom. The quantitative estimate of drug-likeness (QED) is 0.630. The highest BCUT2D eigenvalue weighted by atomic mass is 16.4. The summed E-state index contributed by atoms with van der Waals surface area (Å²) in [4.78, 5) is 10.5. The molecule has 1 atom stereocenters. The number of hydrogen-bond donors (Lipinski definition) is 3. The number of furan rings is 1. The molecule has 5 nitrogen and oxygen atoms in total. The molecule has 5 heteroatoms. The van der Waals surface area contributed by atoms with Crippen LogP contribution in [0.4, 0.5) is 5.88 Å². The number of nitrogens with one attached hydrogen (secondary N) is 1. The molecule has 0 aliphatic heterocycles. The van der Waals surface area contributed by atoms with Crippen LogP contribution in [0.3, 0.4) is 0 Å². The minimum atomic E-state index is -1.12. The lowest BCUT2D eigenvalue weighted by Crippen LogP contribution is -2.18. The number of anilines is 1. The van der Waals surface area contributed by atoms with E-state index in [-0.39, 0.29) is 12.3 Å². The highest BCUT2D eigenvalue weighted by Gasteiger charge is 2.09. The summed E-state index contributed by atoms with van der Waals surface area (Å²) in [7, 11) is 0. The first-order chi connectivity index (χ1) is 7.63. The number of aliphatic hydroxyl groups excluding tert-OH is 1. The van der Waals surface area contributed by atoms with Gasteiger partial charge in [0.05, 0.1) is 6.10 Å². The van der Waals surface area contributed by atoms with Crippen LogP contribution in [-0.4, -0.2) is 28.8 Å². The third-order valence-electron chi connectivity index (χ3n) is 1.95. The molecule has 0 bridgehead atoms. The van der Waals surface area contributed by atoms with E-state index in [1.807, 2.05) is 0 Å². The summed E-state index contributed by atoms with van der Waals surface area (Å²) in [6, 6.07) is 2.84. The molecule has 0 aliphatic carbocycles. The molecule has 1 unspecified atom stereocenters. The van der Waals surface area contributed by atoms with Crippen LogP contribution in [0.2, 0.25) is 0 Å². The molecule has 86 valence electrons. The molecule has 0 aliphatic rings. The van der Waals surface area contributed by atoms with Crippen LogP contribution in [-0.2, 0) is 0 Å². The molecular formula is C11H13NO4. The molecule has 0 saturated carbocycles. The van der Waals surface area contributed by atoms with E-state index in [4.69, 9.17) is 15.9 Å². The maximum Gasteiger partial charge on any atom is 0.371 e. The molecule has 0 amide bonds. The summed E-state index contributed by atoms with van der Waals surface area (Å²) in [6.45, 7) is 0.272. The summed E-state index contributed by atoms with van der Waals surface area (Å²) in [5.41, 5.74) is 0. The van der Waals surface area contributed by atoms with Crippen molar-refractivity contribution >= 4 is 11.9 Å². The average molecular weight is 223 g/mol. The van der Waals surface area contributed by atoms with Gasteiger partial charge in [-0.05, 0) is 12.5 Å². The second-order valence-corrected chi connectivity index (χ2v) is 3.25. The highest BCUT2D eigenvalue weighted by Crippen LogP contribution is 2.13. The normalized spacial score (nSPS) is 11.8. The van der Waals surface area contributed by atoms with Gasteiger partial charge in [0.25, 0.3) is 0 Å². The SMILES string of the molecule is C#CCCC(O)CNc1ccc(C(=O)O)o1. The van der Waals surface area contributed by atoms with Crippen molar-refractivity contribution in [3.05, 3.63) is 17.9 Å². The van der Waals surface area contributed by atoms with Crippen molar-refractivity contribution in [1.29, 1.82) is 0 Å². The second-order valence-electron chi connectivity index (χ2n) is 3.25. The van der Waals surface area contributed by atoms with E-state index in [0.717, 1.165) is 0 Å². The molecule has 16 heavy (non-hydrogen) atoms. The molecule has 1 rings (SSSR count). The molecule has 1 aromatic rings. The van der Waals surface area contributed by atoms with Gasteiger partial charge in [0, 0.05) is 19.0 Å². The molecule has 0 fully saturated rings. The fourth-order valence-corrected chi connectivity index (χ4v) is 1.12. The van der Waals surface area contributed by atoms with Gasteiger partial charge in [0.2, 0.25) is 5.76 Å². The highest BCUT2D eigenvalue weighted by molar-refractivity contribution is 5.84. The smallest absolute Gasteiger partial charge is 0.371 e. The number of terminal acetylenes is 1. The van der Waals surface area contributed by atoms with Gasteiger partial charge in [0.1, 0.15) is 0 Å². The monoisotopic (exact) mass is 223 g/mol. The molecule has 1 heterocycles. The van der Waals surface area contributed by atoms with Gasteiger partial charge in [-0.3, -0.25) is 0 Å². The summed E-state index contributed by atoms with van der Waals surface area (Å²) < 4.78 is 4.94. The Morgan fingerprint density at radius 1 is 1.62 bits per heavy atom. The van der Waals surface area contributed by atoms with E-state index in [1.54, 1.807) is 0 Å². The molecular weight excluding hydrogens is 210 g/mol. The van der Waals surface area contributed by atoms with Gasteiger partial charge in [-0.2, -0.15) is 0 Å². The van der Waals surface area contributed by atoms with Crippen LogP contribution >= 0.6 is 0 Å². The molecule has 0 aromatic carbocycles. The zero-order valence-electron chi connectivity index (χ0n) is 8.64. The predicted molar refractivity (Wildman–Crippen MR) is 58.2 cm³/mol. The van der Waals surface area contributed by atoms with Crippen LogP contribution in [0.25, 0.3) is 0 Å². The van der Waals surface area contributed by atoms with Crippen LogP contribution < -0.4 is 5.32 Å². The number of carbonyl (C=O) groups is 1. The average Bonchev–Trinajstić information content (AvgIpc) is 2.72. The number of hydrogen-bond acceptors (Lipinski definition) is 4. The van der Waals surface area contributed by atoms with Crippen LogP contribution in [0, 0.1) is 12.3 Å². The van der Waals surface area contributed by atoms with E-state index in [1.165, 1.54) is 12.1 Å². The Labute approximate surface area is 93.1 Å². The first-order valence-corrected chi connectivity index (χ1v) is 4.82. The maximum absolute atomic E-state index is 10.5. The lowest BCUT2D eigenvalue weighted by molar-refractivity contribution is 0.0663. The third kappa shape index (κ3) is 3.67. The van der Waals surface area contributed by atoms with Crippen molar-refractivity contribution in [2.24, 2.45) is 0 Å². The second kappa shape index (κ2) is 5.83. The minimum Gasteiger partial charge on any atom is -0.475 e. The van der Waals surface area contributed by atoms with E-state index < -0.39 is 12.1 Å². The fourth-order valence-electron chi connectivity index (χ4n) is 1.12. The summed E-state index contributed by atoms with van der Waals surface area (Å²) in [6.07, 6.45) is 5.48. The first-order valence-electron chi connectivity index (χ1n) is 4.82. The van der Waals surface area contributed by atoms with Crippen LogP contribution in [0.15, 0.2) is 16.5 Å². The van der Waals surface area contributed by atoms with E-state index in [0.29, 0.717) is 18.7 Å². The molecule has 0 saturated heterocycles. The zero-order chi connectivity index (χ0) is 12.0. The molecule has 3 N–H and O–H groups in total. The van der Waals surface area contributed by atoms with E-state index in [2.05, 4.69) is 11.2 Å². The van der Waals surface area contributed by atoms with E-state index in [9.17, 15) is 9.90 Å². The van der Waals surface area contributed by atoms with Gasteiger partial charge in [0.15, 0.2) is 5.88 Å². The van der Waals surface area contributed by atoms with Gasteiger partial charge in [-0.25, -0.2) is 4.79 Å². The van der Waals surface area contributed by atoms with Crippen molar-refractivity contribution in [2.75, 3.05) is 11.9 Å². The predicted octanol–water partition coefficient (Wildman–Crippen LogP) is 1.16. The zero-order valence-corrected chi connectivity index (χ0v) is 8.64. The van der Waals surface area contributed by atoms with Crippen LogP contribution in [0.5, 0.6) is 0 Å².